The Kier molecular flexibility index (Phi) is 3.71. The van der Waals surface area contributed by atoms with Crippen molar-refractivity contribution in [3.8, 4) is 0 Å². The maximum atomic E-state index is 11.9. The van der Waals surface area contributed by atoms with Gasteiger partial charge in [0.15, 0.2) is 0 Å². The molecule has 0 spiro atoms. The second kappa shape index (κ2) is 5.25. The van der Waals surface area contributed by atoms with E-state index in [1.807, 2.05) is 11.0 Å². The number of urea groups is 1. The number of hydrogen-bond donors (Lipinski definition) is 1. The van der Waals surface area contributed by atoms with Crippen LogP contribution in [0, 0.1) is 11.8 Å². The van der Waals surface area contributed by atoms with Crippen LogP contribution in [0.3, 0.4) is 0 Å². The van der Waals surface area contributed by atoms with Crippen molar-refractivity contribution in [2.75, 3.05) is 13.1 Å². The number of nitrogens with one attached hydrogen (secondary N) is 1. The van der Waals surface area contributed by atoms with E-state index in [0.717, 1.165) is 25.1 Å². The third kappa shape index (κ3) is 3.02. The molecule has 4 nitrogen and oxygen atoms in total. The molecule has 2 amide bonds. The molecular weight excluding hydrogens is 216 g/mol. The van der Waals surface area contributed by atoms with Gasteiger partial charge in [0.05, 0.1) is 12.5 Å². The fourth-order valence-corrected chi connectivity index (χ4v) is 2.13. The van der Waals surface area contributed by atoms with Gasteiger partial charge in [0.2, 0.25) is 0 Å². The minimum atomic E-state index is 0.0324. The summed E-state index contributed by atoms with van der Waals surface area (Å²) in [5, 5.41) is 2.92. The molecule has 0 unspecified atom stereocenters. The molecule has 1 N–H and O–H groups in total. The maximum absolute atomic E-state index is 11.9. The van der Waals surface area contributed by atoms with E-state index >= 15 is 0 Å². The summed E-state index contributed by atoms with van der Waals surface area (Å²) in [5.41, 5.74) is 0.997. The summed E-state index contributed by atoms with van der Waals surface area (Å²) in [5.74, 6) is 1.30. The molecule has 1 aliphatic rings. The first kappa shape index (κ1) is 12.0. The highest BCUT2D eigenvalue weighted by Crippen LogP contribution is 2.22. The van der Waals surface area contributed by atoms with E-state index in [0.29, 0.717) is 18.4 Å². The molecule has 1 aromatic heterocycles. The van der Waals surface area contributed by atoms with Crippen LogP contribution < -0.4 is 5.32 Å². The molecule has 17 heavy (non-hydrogen) atoms. The van der Waals surface area contributed by atoms with Gasteiger partial charge in [-0.15, -0.1) is 0 Å². The molecule has 0 radical (unpaired) electrons. The first-order chi connectivity index (χ1) is 8.16. The van der Waals surface area contributed by atoms with Gasteiger partial charge in [-0.1, -0.05) is 13.8 Å². The molecule has 94 valence electrons. The lowest BCUT2D eigenvalue weighted by atomic mass is 9.89. The molecule has 1 fully saturated rings. The quantitative estimate of drug-likeness (QED) is 0.857. The fourth-order valence-electron chi connectivity index (χ4n) is 2.13. The molecule has 0 bridgehead atoms. The monoisotopic (exact) mass is 236 g/mol. The lowest BCUT2D eigenvalue weighted by Crippen LogP contribution is -2.46. The van der Waals surface area contributed by atoms with Crippen molar-refractivity contribution in [2.45, 2.75) is 26.8 Å². The zero-order valence-electron chi connectivity index (χ0n) is 10.5. The highest BCUT2D eigenvalue weighted by Gasteiger charge is 2.25. The van der Waals surface area contributed by atoms with Crippen LogP contribution in [0.4, 0.5) is 4.79 Å². The number of rotatable bonds is 2. The van der Waals surface area contributed by atoms with Gasteiger partial charge in [0.25, 0.3) is 0 Å². The van der Waals surface area contributed by atoms with Crippen LogP contribution in [-0.2, 0) is 6.54 Å². The molecule has 2 heterocycles. The smallest absolute Gasteiger partial charge is 0.317 e. The first-order valence-corrected chi connectivity index (χ1v) is 6.20. The number of likely N-dealkylation sites (tertiary alicyclic amines) is 1. The Morgan fingerprint density at radius 2 is 2.35 bits per heavy atom. The van der Waals surface area contributed by atoms with Crippen molar-refractivity contribution in [1.29, 1.82) is 0 Å². The number of furan rings is 1. The second-order valence-corrected chi connectivity index (χ2v) is 4.98. The molecular formula is C13H20N2O2. The van der Waals surface area contributed by atoms with Crippen LogP contribution in [0.15, 0.2) is 23.0 Å². The van der Waals surface area contributed by atoms with E-state index in [-0.39, 0.29) is 6.03 Å². The van der Waals surface area contributed by atoms with Gasteiger partial charge in [-0.25, -0.2) is 4.79 Å². The Morgan fingerprint density at radius 1 is 1.53 bits per heavy atom. The summed E-state index contributed by atoms with van der Waals surface area (Å²) in [6, 6.07) is 1.89. The SMILES string of the molecule is C[C@@H]1CCN(C(=O)NCc2ccoc2)C[C@@H]1C. The number of carbonyl (C=O) groups is 1. The van der Waals surface area contributed by atoms with Crippen LogP contribution in [0.5, 0.6) is 0 Å². The highest BCUT2D eigenvalue weighted by molar-refractivity contribution is 5.74. The van der Waals surface area contributed by atoms with Gasteiger partial charge in [-0.3, -0.25) is 0 Å². The molecule has 1 aliphatic heterocycles. The average Bonchev–Trinajstić information content (AvgIpc) is 2.82. The van der Waals surface area contributed by atoms with Crippen molar-refractivity contribution < 1.29 is 9.21 Å². The van der Waals surface area contributed by atoms with E-state index in [4.69, 9.17) is 4.42 Å². The van der Waals surface area contributed by atoms with Crippen LogP contribution in [0.2, 0.25) is 0 Å². The standard InChI is InChI=1S/C13H20N2O2/c1-10-3-5-15(8-11(10)2)13(16)14-7-12-4-6-17-9-12/h4,6,9-11H,3,5,7-8H2,1-2H3,(H,14,16)/t10-,11+/m1/s1. The molecule has 1 saturated heterocycles. The number of nitrogens with zero attached hydrogens (tertiary/aromatic N) is 1. The lowest BCUT2D eigenvalue weighted by molar-refractivity contribution is 0.144. The number of carbonyl (C=O) groups excluding carboxylic acids is 1. The van der Waals surface area contributed by atoms with E-state index in [1.54, 1.807) is 12.5 Å². The maximum Gasteiger partial charge on any atom is 0.317 e. The van der Waals surface area contributed by atoms with Gasteiger partial charge in [-0.05, 0) is 24.3 Å². The first-order valence-electron chi connectivity index (χ1n) is 6.20. The van der Waals surface area contributed by atoms with E-state index < -0.39 is 0 Å². The zero-order chi connectivity index (χ0) is 12.3. The van der Waals surface area contributed by atoms with Crippen molar-refractivity contribution in [3.63, 3.8) is 0 Å². The average molecular weight is 236 g/mol. The third-order valence-corrected chi connectivity index (χ3v) is 3.65. The van der Waals surface area contributed by atoms with Gasteiger partial charge >= 0.3 is 6.03 Å². The fraction of sp³-hybridized carbons (Fsp3) is 0.615. The predicted octanol–water partition coefficient (Wildman–Crippen LogP) is 2.47. The summed E-state index contributed by atoms with van der Waals surface area (Å²) in [6.45, 7) is 6.72. The molecule has 0 aliphatic carbocycles. The van der Waals surface area contributed by atoms with Crippen molar-refractivity contribution in [3.05, 3.63) is 24.2 Å². The van der Waals surface area contributed by atoms with Gasteiger partial charge in [0, 0.05) is 25.2 Å². The van der Waals surface area contributed by atoms with E-state index in [9.17, 15) is 4.79 Å². The minimum Gasteiger partial charge on any atom is -0.472 e. The molecule has 2 rings (SSSR count). The predicted molar refractivity (Wildman–Crippen MR) is 65.5 cm³/mol. The van der Waals surface area contributed by atoms with Crippen LogP contribution >= 0.6 is 0 Å². The third-order valence-electron chi connectivity index (χ3n) is 3.65. The Balaban J connectivity index is 1.80. The summed E-state index contributed by atoms with van der Waals surface area (Å²) in [4.78, 5) is 13.8. The Bertz CT molecular complexity index is 362. The number of hydrogen-bond acceptors (Lipinski definition) is 2. The summed E-state index contributed by atoms with van der Waals surface area (Å²) < 4.78 is 4.96. The molecule has 0 aromatic carbocycles. The number of amides is 2. The highest BCUT2D eigenvalue weighted by atomic mass is 16.3. The summed E-state index contributed by atoms with van der Waals surface area (Å²) in [7, 11) is 0. The Morgan fingerprint density at radius 3 is 3.00 bits per heavy atom. The Labute approximate surface area is 102 Å². The lowest BCUT2D eigenvalue weighted by Gasteiger charge is -2.35. The normalized spacial score (nSPS) is 24.7. The largest absolute Gasteiger partial charge is 0.472 e. The van der Waals surface area contributed by atoms with Gasteiger partial charge in [-0.2, -0.15) is 0 Å². The van der Waals surface area contributed by atoms with Crippen LogP contribution in [0.25, 0.3) is 0 Å². The second-order valence-electron chi connectivity index (χ2n) is 4.98. The van der Waals surface area contributed by atoms with Gasteiger partial charge in [0.1, 0.15) is 0 Å². The van der Waals surface area contributed by atoms with Crippen LogP contribution in [0.1, 0.15) is 25.8 Å². The van der Waals surface area contributed by atoms with Gasteiger partial charge < -0.3 is 14.6 Å². The zero-order valence-corrected chi connectivity index (χ0v) is 10.5. The van der Waals surface area contributed by atoms with E-state index in [1.165, 1.54) is 0 Å². The topological polar surface area (TPSA) is 45.5 Å². The molecule has 4 heteroatoms. The molecule has 0 saturated carbocycles. The van der Waals surface area contributed by atoms with Crippen molar-refractivity contribution in [2.24, 2.45) is 11.8 Å². The summed E-state index contributed by atoms with van der Waals surface area (Å²) in [6.07, 6.45) is 4.37. The molecule has 2 atom stereocenters. The summed E-state index contributed by atoms with van der Waals surface area (Å²) >= 11 is 0. The van der Waals surface area contributed by atoms with Crippen molar-refractivity contribution >= 4 is 6.03 Å². The minimum absolute atomic E-state index is 0.0324. The van der Waals surface area contributed by atoms with Crippen LogP contribution in [-0.4, -0.2) is 24.0 Å². The molecule has 1 aromatic rings. The Hall–Kier alpha value is -1.45. The number of piperidine rings is 1. The van der Waals surface area contributed by atoms with Crippen molar-refractivity contribution in [1.82, 2.24) is 10.2 Å². The van der Waals surface area contributed by atoms with E-state index in [2.05, 4.69) is 19.2 Å².